The zero-order valence-corrected chi connectivity index (χ0v) is 13.0. The summed E-state index contributed by atoms with van der Waals surface area (Å²) in [5.74, 6) is -0.707. The predicted molar refractivity (Wildman–Crippen MR) is 83.3 cm³/mol. The highest BCUT2D eigenvalue weighted by molar-refractivity contribution is 5.91. The normalized spacial score (nSPS) is 20.1. The molecule has 2 atom stereocenters. The van der Waals surface area contributed by atoms with Gasteiger partial charge in [-0.05, 0) is 24.3 Å². The third-order valence-corrected chi connectivity index (χ3v) is 3.61. The van der Waals surface area contributed by atoms with Crippen LogP contribution in [0.1, 0.15) is 10.5 Å². The van der Waals surface area contributed by atoms with E-state index in [4.69, 9.17) is 0 Å². The van der Waals surface area contributed by atoms with E-state index in [-0.39, 0.29) is 35.7 Å². The number of nitrogens with one attached hydrogen (secondary N) is 2. The van der Waals surface area contributed by atoms with Crippen LogP contribution in [0.2, 0.25) is 0 Å². The lowest BCUT2D eigenvalue weighted by Gasteiger charge is -2.13. The van der Waals surface area contributed by atoms with Crippen LogP contribution in [-0.2, 0) is 0 Å². The molecule has 1 aliphatic heterocycles. The zero-order chi connectivity index (χ0) is 15.5. The van der Waals surface area contributed by atoms with Gasteiger partial charge in [-0.2, -0.15) is 9.90 Å². The Morgan fingerprint density at radius 2 is 2.13 bits per heavy atom. The third kappa shape index (κ3) is 4.04. The monoisotopic (exact) mass is 341 g/mol. The summed E-state index contributed by atoms with van der Waals surface area (Å²) in [6.07, 6.45) is 0.900. The van der Waals surface area contributed by atoms with Gasteiger partial charge in [0.25, 0.3) is 5.91 Å². The molecule has 1 aliphatic rings. The highest BCUT2D eigenvalue weighted by atomic mass is 35.5. The maximum atomic E-state index is 12.9. The van der Waals surface area contributed by atoms with Gasteiger partial charge in [-0.25, -0.2) is 4.39 Å². The van der Waals surface area contributed by atoms with E-state index >= 15 is 0 Å². The topological polar surface area (TPSA) is 92.1 Å². The number of amides is 1. The molecule has 2 aromatic rings. The SMILES string of the molecule is Cl.O=C(NCC1CNCC1O)c1cnn(-c2ccc(F)cc2)n1. The Morgan fingerprint density at radius 1 is 1.39 bits per heavy atom. The van der Waals surface area contributed by atoms with Gasteiger partial charge in [0.05, 0.1) is 18.0 Å². The van der Waals surface area contributed by atoms with Crippen LogP contribution < -0.4 is 10.6 Å². The summed E-state index contributed by atoms with van der Waals surface area (Å²) in [7, 11) is 0. The second-order valence-corrected chi connectivity index (χ2v) is 5.19. The van der Waals surface area contributed by atoms with Gasteiger partial charge in [-0.1, -0.05) is 0 Å². The number of rotatable bonds is 4. The van der Waals surface area contributed by atoms with Gasteiger partial charge in [0.2, 0.25) is 0 Å². The molecular formula is C14H17ClFN5O2. The maximum Gasteiger partial charge on any atom is 0.273 e. The van der Waals surface area contributed by atoms with Crippen LogP contribution in [0.25, 0.3) is 5.69 Å². The number of hydrogen-bond donors (Lipinski definition) is 3. The fourth-order valence-electron chi connectivity index (χ4n) is 2.31. The first kappa shape index (κ1) is 17.3. The van der Waals surface area contributed by atoms with Crippen molar-refractivity contribution in [3.63, 3.8) is 0 Å². The van der Waals surface area contributed by atoms with Gasteiger partial charge < -0.3 is 15.7 Å². The van der Waals surface area contributed by atoms with E-state index in [1.165, 1.54) is 35.3 Å². The molecule has 2 heterocycles. The number of benzene rings is 1. The lowest BCUT2D eigenvalue weighted by atomic mass is 10.1. The van der Waals surface area contributed by atoms with Crippen molar-refractivity contribution >= 4 is 18.3 Å². The minimum absolute atomic E-state index is 0. The van der Waals surface area contributed by atoms with Crippen molar-refractivity contribution in [1.82, 2.24) is 25.6 Å². The highest BCUT2D eigenvalue weighted by Gasteiger charge is 2.25. The minimum Gasteiger partial charge on any atom is -0.391 e. The van der Waals surface area contributed by atoms with Crippen molar-refractivity contribution < 1.29 is 14.3 Å². The molecule has 0 spiro atoms. The average molecular weight is 342 g/mol. The molecule has 3 rings (SSSR count). The molecule has 124 valence electrons. The number of carbonyl (C=O) groups excluding carboxylic acids is 1. The van der Waals surface area contributed by atoms with Crippen LogP contribution in [-0.4, -0.2) is 51.7 Å². The molecule has 7 nitrogen and oxygen atoms in total. The Hall–Kier alpha value is -2.03. The third-order valence-electron chi connectivity index (χ3n) is 3.61. The lowest BCUT2D eigenvalue weighted by molar-refractivity contribution is 0.0921. The Balaban J connectivity index is 0.00000192. The molecule has 9 heteroatoms. The molecule has 2 unspecified atom stereocenters. The van der Waals surface area contributed by atoms with Crippen LogP contribution in [0.5, 0.6) is 0 Å². The fraction of sp³-hybridized carbons (Fsp3) is 0.357. The van der Waals surface area contributed by atoms with Gasteiger partial charge in [-0.3, -0.25) is 4.79 Å². The first-order chi connectivity index (χ1) is 10.6. The van der Waals surface area contributed by atoms with E-state index in [0.29, 0.717) is 25.3 Å². The van der Waals surface area contributed by atoms with Gasteiger partial charge >= 0.3 is 0 Å². The number of halogens is 2. The van der Waals surface area contributed by atoms with Crippen LogP contribution in [0.4, 0.5) is 4.39 Å². The molecule has 1 saturated heterocycles. The van der Waals surface area contributed by atoms with Crippen LogP contribution in [0.3, 0.4) is 0 Å². The van der Waals surface area contributed by atoms with Crippen molar-refractivity contribution in [2.45, 2.75) is 6.10 Å². The first-order valence-corrected chi connectivity index (χ1v) is 6.99. The number of hydrogen-bond acceptors (Lipinski definition) is 5. The smallest absolute Gasteiger partial charge is 0.273 e. The Kier molecular flexibility index (Phi) is 5.64. The largest absolute Gasteiger partial charge is 0.391 e. The second kappa shape index (κ2) is 7.49. The number of aliphatic hydroxyl groups is 1. The Bertz CT molecular complexity index is 663. The van der Waals surface area contributed by atoms with Crippen molar-refractivity contribution in [2.24, 2.45) is 5.92 Å². The Labute approximate surface area is 138 Å². The van der Waals surface area contributed by atoms with E-state index < -0.39 is 6.10 Å². The molecule has 3 N–H and O–H groups in total. The van der Waals surface area contributed by atoms with Crippen LogP contribution in [0, 0.1) is 11.7 Å². The summed E-state index contributed by atoms with van der Waals surface area (Å²) in [6.45, 7) is 1.58. The van der Waals surface area contributed by atoms with Crippen molar-refractivity contribution in [3.05, 3.63) is 42.0 Å². The molecule has 0 aliphatic carbocycles. The average Bonchev–Trinajstić information content (AvgIpc) is 3.15. The van der Waals surface area contributed by atoms with Crippen molar-refractivity contribution in [3.8, 4) is 5.69 Å². The standard InChI is InChI=1S/C14H16FN5O2.ClH/c15-10-1-3-11(4-2-10)20-18-7-12(19-20)14(22)17-6-9-5-16-8-13(9)21;/h1-4,7,9,13,16,21H,5-6,8H2,(H,17,22);1H. The molecule has 23 heavy (non-hydrogen) atoms. The highest BCUT2D eigenvalue weighted by Crippen LogP contribution is 2.09. The van der Waals surface area contributed by atoms with E-state index in [1.807, 2.05) is 0 Å². The van der Waals surface area contributed by atoms with E-state index in [0.717, 1.165) is 0 Å². The van der Waals surface area contributed by atoms with E-state index in [9.17, 15) is 14.3 Å². The molecule has 0 saturated carbocycles. The summed E-state index contributed by atoms with van der Waals surface area (Å²) in [5.41, 5.74) is 0.737. The number of β-amino-alcohol motifs (C(OH)–C–C–N with tert-alkyl or cyclic N) is 1. The van der Waals surface area contributed by atoms with Crippen molar-refractivity contribution in [2.75, 3.05) is 19.6 Å². The lowest BCUT2D eigenvalue weighted by Crippen LogP contribution is -2.34. The fourth-order valence-corrected chi connectivity index (χ4v) is 2.31. The molecule has 1 aromatic carbocycles. The van der Waals surface area contributed by atoms with Crippen LogP contribution >= 0.6 is 12.4 Å². The molecule has 0 radical (unpaired) electrons. The summed E-state index contributed by atoms with van der Waals surface area (Å²) in [4.78, 5) is 13.3. The number of aliphatic hydroxyl groups excluding tert-OH is 1. The van der Waals surface area contributed by atoms with Crippen molar-refractivity contribution in [1.29, 1.82) is 0 Å². The summed E-state index contributed by atoms with van der Waals surface area (Å²) in [6, 6.07) is 5.65. The molecule has 1 fully saturated rings. The van der Waals surface area contributed by atoms with Crippen LogP contribution in [0.15, 0.2) is 30.5 Å². The maximum absolute atomic E-state index is 12.9. The summed E-state index contributed by atoms with van der Waals surface area (Å²) < 4.78 is 12.9. The second-order valence-electron chi connectivity index (χ2n) is 5.19. The van der Waals surface area contributed by atoms with E-state index in [1.54, 1.807) is 0 Å². The van der Waals surface area contributed by atoms with Gasteiger partial charge in [-0.15, -0.1) is 17.5 Å². The van der Waals surface area contributed by atoms with Gasteiger partial charge in [0.1, 0.15) is 5.82 Å². The number of aromatic nitrogens is 3. The van der Waals surface area contributed by atoms with Gasteiger partial charge in [0.15, 0.2) is 5.69 Å². The summed E-state index contributed by atoms with van der Waals surface area (Å²) >= 11 is 0. The minimum atomic E-state index is -0.449. The molecular weight excluding hydrogens is 325 g/mol. The first-order valence-electron chi connectivity index (χ1n) is 6.99. The quantitative estimate of drug-likeness (QED) is 0.735. The van der Waals surface area contributed by atoms with E-state index in [2.05, 4.69) is 20.8 Å². The number of nitrogens with zero attached hydrogens (tertiary/aromatic N) is 3. The molecule has 1 aromatic heterocycles. The molecule has 0 bridgehead atoms. The zero-order valence-electron chi connectivity index (χ0n) is 12.1. The molecule has 1 amide bonds. The van der Waals surface area contributed by atoms with Gasteiger partial charge in [0, 0.05) is 25.6 Å². The Morgan fingerprint density at radius 3 is 2.78 bits per heavy atom. The number of carbonyl (C=O) groups is 1. The predicted octanol–water partition coefficient (Wildman–Crippen LogP) is 0.138. The summed E-state index contributed by atoms with van der Waals surface area (Å²) in [5, 5.41) is 23.5.